The van der Waals surface area contributed by atoms with E-state index in [-0.39, 0.29) is 30.5 Å². The van der Waals surface area contributed by atoms with Crippen molar-refractivity contribution in [2.24, 2.45) is 5.73 Å². The van der Waals surface area contributed by atoms with E-state index in [1.165, 1.54) is 32.4 Å². The van der Waals surface area contributed by atoms with Crippen molar-refractivity contribution in [3.8, 4) is 5.75 Å². The predicted molar refractivity (Wildman–Crippen MR) is 87.2 cm³/mol. The maximum absolute atomic E-state index is 11.7. The number of nitrogens with two attached hydrogens (primary N) is 1. The van der Waals surface area contributed by atoms with Crippen LogP contribution >= 0.6 is 12.4 Å². The average Bonchev–Trinajstić information content (AvgIpc) is 2.39. The summed E-state index contributed by atoms with van der Waals surface area (Å²) in [6, 6.07) is 3.71. The van der Waals surface area contributed by atoms with Gasteiger partial charge in [0.15, 0.2) is 0 Å². The van der Waals surface area contributed by atoms with Crippen LogP contribution in [0.3, 0.4) is 0 Å². The van der Waals surface area contributed by atoms with Crippen LogP contribution in [0.5, 0.6) is 5.75 Å². The third-order valence-corrected chi connectivity index (χ3v) is 3.04. The second kappa shape index (κ2) is 8.79. The Bertz CT molecular complexity index is 609. The Morgan fingerprint density at radius 2 is 2.00 bits per heavy atom. The summed E-state index contributed by atoms with van der Waals surface area (Å²) in [5.74, 6) is -0.138. The second-order valence-corrected chi connectivity index (χ2v) is 6.09. The summed E-state index contributed by atoms with van der Waals surface area (Å²) in [4.78, 5) is 11.7. The minimum atomic E-state index is -3.42. The molecule has 0 saturated carbocycles. The SMILES string of the molecule is COCC(N)C(=O)Nc1ccc(NS(C)(=O)=O)c(OC)c1.Cl. The van der Waals surface area contributed by atoms with Crippen LogP contribution in [-0.4, -0.2) is 47.4 Å². The monoisotopic (exact) mass is 353 g/mol. The number of methoxy groups -OCH3 is 2. The van der Waals surface area contributed by atoms with Crippen LogP contribution in [0.15, 0.2) is 18.2 Å². The summed E-state index contributed by atoms with van der Waals surface area (Å²) < 4.78 is 34.6. The maximum atomic E-state index is 11.7. The van der Waals surface area contributed by atoms with Crippen LogP contribution in [0.2, 0.25) is 0 Å². The first-order chi connectivity index (χ1) is 9.76. The number of amides is 1. The van der Waals surface area contributed by atoms with E-state index in [4.69, 9.17) is 15.2 Å². The summed E-state index contributed by atoms with van der Waals surface area (Å²) in [6.45, 7) is 0.0939. The van der Waals surface area contributed by atoms with Crippen LogP contribution in [0.4, 0.5) is 11.4 Å². The molecule has 0 fully saturated rings. The number of anilines is 2. The minimum Gasteiger partial charge on any atom is -0.494 e. The van der Waals surface area contributed by atoms with Crippen molar-refractivity contribution in [1.82, 2.24) is 0 Å². The van der Waals surface area contributed by atoms with Gasteiger partial charge in [-0.3, -0.25) is 9.52 Å². The van der Waals surface area contributed by atoms with Gasteiger partial charge in [0.2, 0.25) is 15.9 Å². The molecule has 1 amide bonds. The first kappa shape index (κ1) is 20.5. The number of sulfonamides is 1. The Hall–Kier alpha value is -1.55. The average molecular weight is 354 g/mol. The molecule has 0 aliphatic rings. The molecule has 4 N–H and O–H groups in total. The molecule has 0 bridgehead atoms. The van der Waals surface area contributed by atoms with Gasteiger partial charge in [-0.05, 0) is 12.1 Å². The van der Waals surface area contributed by atoms with Gasteiger partial charge in [0, 0.05) is 18.9 Å². The van der Waals surface area contributed by atoms with Gasteiger partial charge in [-0.15, -0.1) is 12.4 Å². The van der Waals surface area contributed by atoms with Gasteiger partial charge in [0.25, 0.3) is 0 Å². The molecule has 1 rings (SSSR count). The molecule has 1 aromatic carbocycles. The normalized spacial score (nSPS) is 12.0. The molecule has 10 heteroatoms. The third kappa shape index (κ3) is 6.48. The zero-order valence-corrected chi connectivity index (χ0v) is 14.1. The molecule has 0 aromatic heterocycles. The van der Waals surface area contributed by atoms with E-state index in [2.05, 4.69) is 10.0 Å². The van der Waals surface area contributed by atoms with Gasteiger partial charge in [-0.25, -0.2) is 8.42 Å². The maximum Gasteiger partial charge on any atom is 0.243 e. The molecule has 0 heterocycles. The van der Waals surface area contributed by atoms with Crippen LogP contribution < -0.4 is 20.5 Å². The zero-order valence-electron chi connectivity index (χ0n) is 12.5. The second-order valence-electron chi connectivity index (χ2n) is 4.34. The van der Waals surface area contributed by atoms with Crippen LogP contribution in [0.1, 0.15) is 0 Å². The molecular weight excluding hydrogens is 334 g/mol. The molecule has 0 aliphatic carbocycles. The molecule has 126 valence electrons. The molecule has 8 nitrogen and oxygen atoms in total. The number of hydrogen-bond acceptors (Lipinski definition) is 6. The van der Waals surface area contributed by atoms with E-state index in [1.807, 2.05) is 0 Å². The number of carbonyl (C=O) groups is 1. The first-order valence-corrected chi connectivity index (χ1v) is 7.87. The summed E-state index contributed by atoms with van der Waals surface area (Å²) in [5, 5.41) is 2.59. The van der Waals surface area contributed by atoms with Crippen molar-refractivity contribution in [1.29, 1.82) is 0 Å². The van der Waals surface area contributed by atoms with E-state index < -0.39 is 22.0 Å². The molecule has 0 aliphatic heterocycles. The highest BCUT2D eigenvalue weighted by Crippen LogP contribution is 2.28. The summed E-state index contributed by atoms with van der Waals surface area (Å²) in [5.41, 5.74) is 6.31. The van der Waals surface area contributed by atoms with E-state index in [0.29, 0.717) is 5.69 Å². The molecule has 0 radical (unpaired) electrons. The van der Waals surface area contributed by atoms with Crippen molar-refractivity contribution >= 4 is 39.7 Å². The van der Waals surface area contributed by atoms with Crippen molar-refractivity contribution in [2.45, 2.75) is 6.04 Å². The van der Waals surface area contributed by atoms with E-state index in [1.54, 1.807) is 0 Å². The molecule has 1 unspecified atom stereocenters. The number of carbonyl (C=O) groups excluding carboxylic acids is 1. The van der Waals surface area contributed by atoms with Crippen molar-refractivity contribution in [3.05, 3.63) is 18.2 Å². The Labute approximate surface area is 135 Å². The predicted octanol–water partition coefficient (Wildman–Crippen LogP) is 0.401. The lowest BCUT2D eigenvalue weighted by molar-refractivity contribution is -0.118. The van der Waals surface area contributed by atoms with Gasteiger partial charge >= 0.3 is 0 Å². The number of rotatable bonds is 7. The van der Waals surface area contributed by atoms with Gasteiger partial charge in [0.05, 0.1) is 25.7 Å². The minimum absolute atomic E-state index is 0. The standard InChI is InChI=1S/C12H19N3O5S.ClH/c1-19-7-9(13)12(16)14-8-4-5-10(11(6-8)20-2)15-21(3,17)18;/h4-6,9,15H,7,13H2,1-3H3,(H,14,16);1H. The number of halogens is 1. The smallest absolute Gasteiger partial charge is 0.243 e. The molecule has 1 aromatic rings. The zero-order chi connectivity index (χ0) is 16.0. The van der Waals surface area contributed by atoms with E-state index in [9.17, 15) is 13.2 Å². The van der Waals surface area contributed by atoms with E-state index in [0.717, 1.165) is 6.26 Å². The molecule has 0 spiro atoms. The Balaban J connectivity index is 0.00000441. The summed E-state index contributed by atoms with van der Waals surface area (Å²) >= 11 is 0. The number of nitrogens with one attached hydrogen (secondary N) is 2. The Morgan fingerprint density at radius 3 is 2.50 bits per heavy atom. The van der Waals surface area contributed by atoms with Gasteiger partial charge in [0.1, 0.15) is 11.8 Å². The topological polar surface area (TPSA) is 120 Å². The highest BCUT2D eigenvalue weighted by molar-refractivity contribution is 7.92. The Morgan fingerprint density at radius 1 is 1.36 bits per heavy atom. The quantitative estimate of drug-likeness (QED) is 0.652. The van der Waals surface area contributed by atoms with Crippen molar-refractivity contribution < 1.29 is 22.7 Å². The van der Waals surface area contributed by atoms with Gasteiger partial charge < -0.3 is 20.5 Å². The van der Waals surface area contributed by atoms with Crippen molar-refractivity contribution in [2.75, 3.05) is 37.1 Å². The number of benzene rings is 1. The van der Waals surface area contributed by atoms with Crippen molar-refractivity contribution in [3.63, 3.8) is 0 Å². The highest BCUT2D eigenvalue weighted by atomic mass is 35.5. The number of hydrogen-bond donors (Lipinski definition) is 3. The lowest BCUT2D eigenvalue weighted by atomic mass is 10.2. The molecule has 0 saturated heterocycles. The highest BCUT2D eigenvalue weighted by Gasteiger charge is 2.15. The fourth-order valence-corrected chi connectivity index (χ4v) is 2.11. The lowest BCUT2D eigenvalue weighted by Crippen LogP contribution is -2.39. The van der Waals surface area contributed by atoms with Gasteiger partial charge in [-0.1, -0.05) is 0 Å². The van der Waals surface area contributed by atoms with Crippen LogP contribution in [0.25, 0.3) is 0 Å². The van der Waals surface area contributed by atoms with Gasteiger partial charge in [-0.2, -0.15) is 0 Å². The molecule has 22 heavy (non-hydrogen) atoms. The fourth-order valence-electron chi connectivity index (χ4n) is 1.54. The van der Waals surface area contributed by atoms with E-state index >= 15 is 0 Å². The lowest BCUT2D eigenvalue weighted by Gasteiger charge is -2.14. The van der Waals surface area contributed by atoms with Crippen LogP contribution in [-0.2, 0) is 19.6 Å². The fraction of sp³-hybridized carbons (Fsp3) is 0.417. The molecular formula is C12H20ClN3O5S. The van der Waals surface area contributed by atoms with Crippen LogP contribution in [0, 0.1) is 0 Å². The number of ether oxygens (including phenoxy) is 2. The first-order valence-electron chi connectivity index (χ1n) is 5.98. The molecule has 1 atom stereocenters. The summed E-state index contributed by atoms with van der Waals surface area (Å²) in [7, 11) is -0.580. The third-order valence-electron chi connectivity index (χ3n) is 2.45. The Kier molecular flexibility index (Phi) is 8.17. The summed E-state index contributed by atoms with van der Waals surface area (Å²) in [6.07, 6.45) is 1.03. The largest absolute Gasteiger partial charge is 0.494 e.